The van der Waals surface area contributed by atoms with Crippen LogP contribution in [0.1, 0.15) is 26.7 Å². The second-order valence-corrected chi connectivity index (χ2v) is 7.80. The summed E-state index contributed by atoms with van der Waals surface area (Å²) in [6, 6.07) is 7.68. The minimum atomic E-state index is 0.101. The van der Waals surface area contributed by atoms with Crippen LogP contribution in [0.15, 0.2) is 24.3 Å². The number of carbonyl (C=O) groups is 1. The van der Waals surface area contributed by atoms with Crippen LogP contribution >= 0.6 is 11.6 Å². The van der Waals surface area contributed by atoms with Crippen molar-refractivity contribution in [3.05, 3.63) is 29.3 Å². The lowest BCUT2D eigenvalue weighted by atomic mass is 10.0. The van der Waals surface area contributed by atoms with Crippen LogP contribution in [0.25, 0.3) is 0 Å². The number of piperazine rings is 1. The zero-order valence-corrected chi connectivity index (χ0v) is 17.0. The number of ether oxygens (including phenoxy) is 1. The molecule has 1 amide bonds. The van der Waals surface area contributed by atoms with Crippen LogP contribution < -0.4 is 10.1 Å². The molecule has 1 aliphatic heterocycles. The summed E-state index contributed by atoms with van der Waals surface area (Å²) in [7, 11) is 2.16. The largest absolute Gasteiger partial charge is 0.494 e. The molecule has 2 rings (SSSR count). The van der Waals surface area contributed by atoms with Crippen molar-refractivity contribution in [2.75, 3.05) is 46.4 Å². The minimum Gasteiger partial charge on any atom is -0.494 e. The molecule has 1 heterocycles. The normalized spacial score (nSPS) is 17.3. The Morgan fingerprint density at radius 1 is 1.19 bits per heavy atom. The maximum atomic E-state index is 12.2. The first-order valence-electron chi connectivity index (χ1n) is 9.53. The van der Waals surface area contributed by atoms with E-state index in [1.807, 2.05) is 12.1 Å². The van der Waals surface area contributed by atoms with Crippen molar-refractivity contribution in [3.8, 4) is 5.75 Å². The zero-order chi connectivity index (χ0) is 18.9. The number of nitrogens with zero attached hydrogens (tertiary/aromatic N) is 2. The van der Waals surface area contributed by atoms with Crippen molar-refractivity contribution >= 4 is 17.5 Å². The summed E-state index contributed by atoms with van der Waals surface area (Å²) >= 11 is 5.85. The number of halogens is 1. The maximum Gasteiger partial charge on any atom is 0.220 e. The van der Waals surface area contributed by atoms with E-state index in [1.165, 1.54) is 0 Å². The molecular weight excluding hydrogens is 350 g/mol. The Kier molecular flexibility index (Phi) is 8.69. The Morgan fingerprint density at radius 2 is 1.85 bits per heavy atom. The smallest absolute Gasteiger partial charge is 0.220 e. The van der Waals surface area contributed by atoms with Crippen LogP contribution in [0, 0.1) is 5.92 Å². The Bertz CT molecular complexity index is 542. The average molecular weight is 382 g/mol. The lowest BCUT2D eigenvalue weighted by molar-refractivity contribution is -0.121. The third-order valence-electron chi connectivity index (χ3n) is 4.92. The van der Waals surface area contributed by atoms with Gasteiger partial charge in [0.15, 0.2) is 0 Å². The molecule has 5 nitrogen and oxygen atoms in total. The SMILES string of the molecule is CC(C)C(CNC(=O)CCCOc1ccc(Cl)cc1)N1CCN(C)CC1. The Hall–Kier alpha value is -1.30. The fraction of sp³-hybridized carbons (Fsp3) is 0.650. The van der Waals surface area contributed by atoms with Gasteiger partial charge in [-0.2, -0.15) is 0 Å². The summed E-state index contributed by atoms with van der Waals surface area (Å²) in [6.45, 7) is 10.1. The summed E-state index contributed by atoms with van der Waals surface area (Å²) in [5.41, 5.74) is 0. The number of carbonyl (C=O) groups excluding carboxylic acids is 1. The van der Waals surface area contributed by atoms with Gasteiger partial charge in [-0.1, -0.05) is 25.4 Å². The van der Waals surface area contributed by atoms with Gasteiger partial charge >= 0.3 is 0 Å². The van der Waals surface area contributed by atoms with Gasteiger partial charge in [-0.05, 0) is 43.7 Å². The number of hydrogen-bond donors (Lipinski definition) is 1. The molecule has 0 saturated carbocycles. The Morgan fingerprint density at radius 3 is 2.46 bits per heavy atom. The van der Waals surface area contributed by atoms with E-state index >= 15 is 0 Å². The molecule has 0 bridgehead atoms. The van der Waals surface area contributed by atoms with E-state index < -0.39 is 0 Å². The highest BCUT2D eigenvalue weighted by Gasteiger charge is 2.25. The summed E-state index contributed by atoms with van der Waals surface area (Å²) < 4.78 is 5.63. The predicted molar refractivity (Wildman–Crippen MR) is 107 cm³/mol. The van der Waals surface area contributed by atoms with Crippen LogP contribution in [-0.4, -0.2) is 68.1 Å². The highest BCUT2D eigenvalue weighted by atomic mass is 35.5. The van der Waals surface area contributed by atoms with Gasteiger partial charge in [-0.25, -0.2) is 0 Å². The molecule has 1 aromatic rings. The van der Waals surface area contributed by atoms with Crippen molar-refractivity contribution in [2.45, 2.75) is 32.7 Å². The monoisotopic (exact) mass is 381 g/mol. The van der Waals surface area contributed by atoms with Gasteiger partial charge in [0.1, 0.15) is 5.75 Å². The molecule has 1 saturated heterocycles. The van der Waals surface area contributed by atoms with Gasteiger partial charge in [0.2, 0.25) is 5.91 Å². The third-order valence-corrected chi connectivity index (χ3v) is 5.17. The summed E-state index contributed by atoms with van der Waals surface area (Å²) in [5, 5.41) is 3.80. The summed E-state index contributed by atoms with van der Waals surface area (Å²) in [6.07, 6.45) is 1.19. The molecule has 1 N–H and O–H groups in total. The second kappa shape index (κ2) is 10.8. The topological polar surface area (TPSA) is 44.8 Å². The number of likely N-dealkylation sites (N-methyl/N-ethyl adjacent to an activating group) is 1. The molecule has 26 heavy (non-hydrogen) atoms. The van der Waals surface area contributed by atoms with Crippen molar-refractivity contribution in [1.82, 2.24) is 15.1 Å². The van der Waals surface area contributed by atoms with Gasteiger partial charge in [-0.15, -0.1) is 0 Å². The van der Waals surface area contributed by atoms with Gasteiger partial charge in [0.05, 0.1) is 6.61 Å². The van der Waals surface area contributed by atoms with E-state index in [0.717, 1.165) is 38.5 Å². The van der Waals surface area contributed by atoms with Crippen molar-refractivity contribution in [1.29, 1.82) is 0 Å². The summed E-state index contributed by atoms with van der Waals surface area (Å²) in [5.74, 6) is 1.40. The van der Waals surface area contributed by atoms with Gasteiger partial charge < -0.3 is 15.0 Å². The molecule has 1 aliphatic rings. The lowest BCUT2D eigenvalue weighted by Gasteiger charge is -2.39. The Balaban J connectivity index is 1.65. The van der Waals surface area contributed by atoms with E-state index in [1.54, 1.807) is 12.1 Å². The molecular formula is C20H32ClN3O2. The Labute approximate surface area is 162 Å². The molecule has 146 valence electrons. The average Bonchev–Trinajstić information content (AvgIpc) is 2.61. The fourth-order valence-corrected chi connectivity index (χ4v) is 3.33. The summed E-state index contributed by atoms with van der Waals surface area (Å²) in [4.78, 5) is 17.0. The zero-order valence-electron chi connectivity index (χ0n) is 16.2. The second-order valence-electron chi connectivity index (χ2n) is 7.36. The molecule has 6 heteroatoms. The number of amides is 1. The standard InChI is InChI=1S/C20H32ClN3O2/c1-16(2)19(24-12-10-23(3)11-13-24)15-22-20(25)5-4-14-26-18-8-6-17(21)7-9-18/h6-9,16,19H,4-5,10-15H2,1-3H3,(H,22,25). The van der Waals surface area contributed by atoms with Crippen molar-refractivity contribution in [2.24, 2.45) is 5.92 Å². The van der Waals surface area contributed by atoms with Crippen LogP contribution in [0.3, 0.4) is 0 Å². The highest BCUT2D eigenvalue weighted by molar-refractivity contribution is 6.30. The van der Waals surface area contributed by atoms with E-state index in [9.17, 15) is 4.79 Å². The maximum absolute atomic E-state index is 12.2. The molecule has 1 fully saturated rings. The highest BCUT2D eigenvalue weighted by Crippen LogP contribution is 2.16. The van der Waals surface area contributed by atoms with E-state index in [2.05, 4.69) is 36.0 Å². The van der Waals surface area contributed by atoms with E-state index in [-0.39, 0.29) is 5.91 Å². The molecule has 0 spiro atoms. The predicted octanol–water partition coefficient (Wildman–Crippen LogP) is 2.89. The molecule has 1 unspecified atom stereocenters. The quantitative estimate of drug-likeness (QED) is 0.668. The van der Waals surface area contributed by atoms with Crippen LogP contribution in [-0.2, 0) is 4.79 Å². The van der Waals surface area contributed by atoms with Gasteiger partial charge in [0, 0.05) is 50.2 Å². The van der Waals surface area contributed by atoms with Gasteiger partial charge in [0.25, 0.3) is 0 Å². The van der Waals surface area contributed by atoms with Gasteiger partial charge in [-0.3, -0.25) is 9.69 Å². The van der Waals surface area contributed by atoms with Crippen molar-refractivity contribution in [3.63, 3.8) is 0 Å². The minimum absolute atomic E-state index is 0.101. The van der Waals surface area contributed by atoms with Crippen LogP contribution in [0.2, 0.25) is 5.02 Å². The van der Waals surface area contributed by atoms with E-state index in [4.69, 9.17) is 16.3 Å². The lowest BCUT2D eigenvalue weighted by Crippen LogP contribution is -2.54. The molecule has 0 aromatic heterocycles. The third kappa shape index (κ3) is 7.14. The number of rotatable bonds is 9. The number of benzene rings is 1. The number of hydrogen-bond acceptors (Lipinski definition) is 4. The molecule has 1 aromatic carbocycles. The molecule has 0 aliphatic carbocycles. The molecule has 0 radical (unpaired) electrons. The first-order valence-corrected chi connectivity index (χ1v) is 9.91. The number of nitrogens with one attached hydrogen (secondary N) is 1. The first-order chi connectivity index (χ1) is 12.5. The first kappa shape index (κ1) is 21.0. The fourth-order valence-electron chi connectivity index (χ4n) is 3.20. The van der Waals surface area contributed by atoms with Crippen molar-refractivity contribution < 1.29 is 9.53 Å². The van der Waals surface area contributed by atoms with E-state index in [0.29, 0.717) is 36.4 Å². The van der Waals surface area contributed by atoms with Crippen LogP contribution in [0.5, 0.6) is 5.75 Å². The van der Waals surface area contributed by atoms with Crippen LogP contribution in [0.4, 0.5) is 0 Å². The molecule has 1 atom stereocenters.